The van der Waals surface area contributed by atoms with E-state index in [1.807, 2.05) is 0 Å². The van der Waals surface area contributed by atoms with E-state index in [0.29, 0.717) is 12.6 Å². The molecule has 0 saturated carbocycles. The third-order valence-electron chi connectivity index (χ3n) is 2.50. The van der Waals surface area contributed by atoms with Gasteiger partial charge in [0.25, 0.3) is 0 Å². The van der Waals surface area contributed by atoms with Gasteiger partial charge in [-0.1, -0.05) is 23.8 Å². The van der Waals surface area contributed by atoms with E-state index in [1.165, 1.54) is 16.7 Å². The second kappa shape index (κ2) is 5.13. The fourth-order valence-electron chi connectivity index (χ4n) is 1.36. The molecule has 1 unspecified atom stereocenters. The monoisotopic (exact) mass is 192 g/mol. The maximum absolute atomic E-state index is 5.54. The fourth-order valence-corrected chi connectivity index (χ4v) is 1.36. The molecule has 0 saturated heterocycles. The van der Waals surface area contributed by atoms with Crippen LogP contribution >= 0.6 is 0 Å². The van der Waals surface area contributed by atoms with E-state index in [1.54, 1.807) is 0 Å². The van der Waals surface area contributed by atoms with Crippen LogP contribution in [0.4, 0.5) is 0 Å². The van der Waals surface area contributed by atoms with Gasteiger partial charge < -0.3 is 11.1 Å². The number of aryl methyl sites for hydroxylation is 2. The Hall–Kier alpha value is -0.860. The second-order valence-electron chi connectivity index (χ2n) is 3.95. The van der Waals surface area contributed by atoms with Crippen LogP contribution in [0, 0.1) is 13.8 Å². The van der Waals surface area contributed by atoms with Crippen LogP contribution in [0.5, 0.6) is 0 Å². The quantitative estimate of drug-likeness (QED) is 0.762. The molecule has 2 heteroatoms. The minimum atomic E-state index is 0.384. The van der Waals surface area contributed by atoms with E-state index >= 15 is 0 Å². The van der Waals surface area contributed by atoms with Crippen molar-refractivity contribution in [3.05, 3.63) is 34.9 Å². The van der Waals surface area contributed by atoms with Gasteiger partial charge in [0, 0.05) is 19.1 Å². The molecule has 0 amide bonds. The molecular formula is C12H20N2. The first kappa shape index (κ1) is 11.2. The second-order valence-corrected chi connectivity index (χ2v) is 3.95. The van der Waals surface area contributed by atoms with Gasteiger partial charge in [-0.25, -0.2) is 0 Å². The lowest BCUT2D eigenvalue weighted by Crippen LogP contribution is -2.32. The molecule has 14 heavy (non-hydrogen) atoms. The summed E-state index contributed by atoms with van der Waals surface area (Å²) in [5, 5.41) is 3.39. The molecule has 3 N–H and O–H groups in total. The maximum atomic E-state index is 5.54. The maximum Gasteiger partial charge on any atom is 0.0211 e. The summed E-state index contributed by atoms with van der Waals surface area (Å²) in [6.45, 7) is 7.96. The molecule has 0 heterocycles. The molecule has 2 nitrogen and oxygen atoms in total. The Morgan fingerprint density at radius 1 is 1.36 bits per heavy atom. The average Bonchev–Trinajstić information content (AvgIpc) is 2.19. The number of benzene rings is 1. The summed E-state index contributed by atoms with van der Waals surface area (Å²) in [6.07, 6.45) is 0. The minimum Gasteiger partial charge on any atom is -0.329 e. The predicted molar refractivity (Wildman–Crippen MR) is 61.3 cm³/mol. The lowest BCUT2D eigenvalue weighted by Gasteiger charge is -2.13. The summed E-state index contributed by atoms with van der Waals surface area (Å²) in [6, 6.07) is 6.92. The highest BCUT2D eigenvalue weighted by atomic mass is 14.9. The summed E-state index contributed by atoms with van der Waals surface area (Å²) >= 11 is 0. The molecule has 0 aliphatic carbocycles. The number of nitrogens with one attached hydrogen (secondary N) is 1. The van der Waals surface area contributed by atoms with Crippen LogP contribution in [0.2, 0.25) is 0 Å². The van der Waals surface area contributed by atoms with Gasteiger partial charge in [0.05, 0.1) is 0 Å². The predicted octanol–water partition coefficient (Wildman–Crippen LogP) is 1.74. The highest BCUT2D eigenvalue weighted by molar-refractivity contribution is 5.30. The average molecular weight is 192 g/mol. The number of hydrogen-bond acceptors (Lipinski definition) is 2. The van der Waals surface area contributed by atoms with E-state index in [9.17, 15) is 0 Å². The molecule has 1 atom stereocenters. The molecule has 0 fully saturated rings. The van der Waals surface area contributed by atoms with E-state index < -0.39 is 0 Å². The van der Waals surface area contributed by atoms with Crippen LogP contribution in [0.15, 0.2) is 18.2 Å². The van der Waals surface area contributed by atoms with Crippen molar-refractivity contribution in [3.8, 4) is 0 Å². The van der Waals surface area contributed by atoms with E-state index in [0.717, 1.165) is 6.54 Å². The van der Waals surface area contributed by atoms with Crippen molar-refractivity contribution < 1.29 is 0 Å². The largest absolute Gasteiger partial charge is 0.329 e. The molecular weight excluding hydrogens is 172 g/mol. The van der Waals surface area contributed by atoms with Crippen LogP contribution in [-0.2, 0) is 6.54 Å². The highest BCUT2D eigenvalue weighted by Crippen LogP contribution is 2.10. The Balaban J connectivity index is 2.62. The van der Waals surface area contributed by atoms with E-state index in [-0.39, 0.29) is 0 Å². The Bertz CT molecular complexity index is 294. The SMILES string of the molecule is Cc1ccc(C)c(CNC(C)CN)c1. The molecule has 0 aromatic heterocycles. The van der Waals surface area contributed by atoms with Gasteiger partial charge in [-0.2, -0.15) is 0 Å². The van der Waals surface area contributed by atoms with Gasteiger partial charge in [-0.15, -0.1) is 0 Å². The topological polar surface area (TPSA) is 38.0 Å². The zero-order chi connectivity index (χ0) is 10.6. The first-order chi connectivity index (χ1) is 6.63. The van der Waals surface area contributed by atoms with E-state index in [4.69, 9.17) is 5.73 Å². The highest BCUT2D eigenvalue weighted by Gasteiger charge is 2.01. The molecule has 1 aromatic rings. The number of nitrogens with two attached hydrogens (primary N) is 1. The molecule has 0 aliphatic rings. The van der Waals surface area contributed by atoms with Crippen molar-refractivity contribution in [2.24, 2.45) is 5.73 Å². The zero-order valence-corrected chi connectivity index (χ0v) is 9.30. The Morgan fingerprint density at radius 2 is 2.07 bits per heavy atom. The number of hydrogen-bond donors (Lipinski definition) is 2. The van der Waals surface area contributed by atoms with Crippen LogP contribution in [0.3, 0.4) is 0 Å². The van der Waals surface area contributed by atoms with Crippen LogP contribution < -0.4 is 11.1 Å². The summed E-state index contributed by atoms with van der Waals surface area (Å²) < 4.78 is 0. The molecule has 1 aromatic carbocycles. The summed E-state index contributed by atoms with van der Waals surface area (Å²) in [5.74, 6) is 0. The van der Waals surface area contributed by atoms with Gasteiger partial charge in [0.2, 0.25) is 0 Å². The van der Waals surface area contributed by atoms with Gasteiger partial charge in [0.1, 0.15) is 0 Å². The van der Waals surface area contributed by atoms with Crippen LogP contribution in [0.25, 0.3) is 0 Å². The Kier molecular flexibility index (Phi) is 4.11. The standard InChI is InChI=1S/C12H20N2/c1-9-4-5-10(2)12(6-9)8-14-11(3)7-13/h4-6,11,14H,7-8,13H2,1-3H3. The molecule has 78 valence electrons. The summed E-state index contributed by atoms with van der Waals surface area (Å²) in [5.41, 5.74) is 9.56. The van der Waals surface area contributed by atoms with Crippen molar-refractivity contribution in [1.82, 2.24) is 5.32 Å². The lowest BCUT2D eigenvalue weighted by atomic mass is 10.1. The first-order valence-electron chi connectivity index (χ1n) is 5.13. The van der Waals surface area contributed by atoms with Gasteiger partial charge >= 0.3 is 0 Å². The molecule has 1 rings (SSSR count). The lowest BCUT2D eigenvalue weighted by molar-refractivity contribution is 0.555. The third kappa shape index (κ3) is 3.13. The molecule has 0 bridgehead atoms. The van der Waals surface area contributed by atoms with Crippen molar-refractivity contribution >= 4 is 0 Å². The Morgan fingerprint density at radius 3 is 2.71 bits per heavy atom. The Labute approximate surface area is 86.5 Å². The van der Waals surface area contributed by atoms with E-state index in [2.05, 4.69) is 44.3 Å². The molecule has 0 aliphatic heterocycles. The van der Waals surface area contributed by atoms with Gasteiger partial charge in [0.15, 0.2) is 0 Å². The minimum absolute atomic E-state index is 0.384. The number of rotatable bonds is 4. The fraction of sp³-hybridized carbons (Fsp3) is 0.500. The smallest absolute Gasteiger partial charge is 0.0211 e. The van der Waals surface area contributed by atoms with Crippen molar-refractivity contribution in [3.63, 3.8) is 0 Å². The van der Waals surface area contributed by atoms with Crippen molar-refractivity contribution in [2.45, 2.75) is 33.4 Å². The van der Waals surface area contributed by atoms with Gasteiger partial charge in [-0.05, 0) is 31.9 Å². The first-order valence-corrected chi connectivity index (χ1v) is 5.13. The van der Waals surface area contributed by atoms with Crippen LogP contribution in [-0.4, -0.2) is 12.6 Å². The third-order valence-corrected chi connectivity index (χ3v) is 2.50. The van der Waals surface area contributed by atoms with Crippen molar-refractivity contribution in [1.29, 1.82) is 0 Å². The molecule has 0 radical (unpaired) electrons. The van der Waals surface area contributed by atoms with Crippen molar-refractivity contribution in [2.75, 3.05) is 6.54 Å². The van der Waals surface area contributed by atoms with Crippen LogP contribution in [0.1, 0.15) is 23.6 Å². The molecule has 0 spiro atoms. The summed E-state index contributed by atoms with van der Waals surface area (Å²) in [4.78, 5) is 0. The normalized spacial score (nSPS) is 12.9. The summed E-state index contributed by atoms with van der Waals surface area (Å²) in [7, 11) is 0. The van der Waals surface area contributed by atoms with Gasteiger partial charge in [-0.3, -0.25) is 0 Å². The zero-order valence-electron chi connectivity index (χ0n) is 9.30.